The van der Waals surface area contributed by atoms with E-state index in [0.29, 0.717) is 19.0 Å². The second-order valence-corrected chi connectivity index (χ2v) is 5.27. The molecule has 0 aromatic heterocycles. The molecular formula is C14H19ClFN3O3. The molecule has 22 heavy (non-hydrogen) atoms. The van der Waals surface area contributed by atoms with E-state index in [-0.39, 0.29) is 23.9 Å². The third-order valence-electron chi connectivity index (χ3n) is 3.64. The SMILES string of the molecule is CNCC1CCCN(C(=O)c2cc(F)cc([N+](=O)[O-])c2)C1.Cl. The van der Waals surface area contributed by atoms with Crippen molar-refractivity contribution in [2.75, 3.05) is 26.7 Å². The standard InChI is InChI=1S/C14H18FN3O3.ClH/c1-16-8-10-3-2-4-17(9-10)14(19)11-5-12(15)7-13(6-11)18(20)21;/h5-7,10,16H,2-4,8-9H2,1H3;1H. The van der Waals surface area contributed by atoms with Crippen molar-refractivity contribution >= 4 is 24.0 Å². The molecule has 1 aromatic carbocycles. The van der Waals surface area contributed by atoms with E-state index < -0.39 is 16.4 Å². The molecule has 1 atom stereocenters. The Morgan fingerprint density at radius 2 is 2.23 bits per heavy atom. The normalized spacial score (nSPS) is 17.7. The fraction of sp³-hybridized carbons (Fsp3) is 0.500. The zero-order valence-electron chi connectivity index (χ0n) is 12.3. The molecule has 0 saturated carbocycles. The summed E-state index contributed by atoms with van der Waals surface area (Å²) in [5.74, 6) is -0.758. The molecule has 0 bridgehead atoms. The monoisotopic (exact) mass is 331 g/mol. The predicted octanol–water partition coefficient (Wildman–Crippen LogP) is 2.23. The van der Waals surface area contributed by atoms with E-state index in [4.69, 9.17) is 0 Å². The van der Waals surface area contributed by atoms with Gasteiger partial charge in [0.25, 0.3) is 11.6 Å². The number of benzene rings is 1. The van der Waals surface area contributed by atoms with Crippen molar-refractivity contribution in [3.63, 3.8) is 0 Å². The van der Waals surface area contributed by atoms with E-state index in [1.807, 2.05) is 7.05 Å². The molecule has 0 radical (unpaired) electrons. The van der Waals surface area contributed by atoms with Gasteiger partial charge >= 0.3 is 0 Å². The van der Waals surface area contributed by atoms with Crippen LogP contribution in [0.15, 0.2) is 18.2 Å². The zero-order valence-corrected chi connectivity index (χ0v) is 13.1. The van der Waals surface area contributed by atoms with Crippen LogP contribution in [0.2, 0.25) is 0 Å². The van der Waals surface area contributed by atoms with Crippen molar-refractivity contribution in [1.82, 2.24) is 10.2 Å². The highest BCUT2D eigenvalue weighted by Crippen LogP contribution is 2.21. The van der Waals surface area contributed by atoms with Crippen LogP contribution in [0.3, 0.4) is 0 Å². The second kappa shape index (κ2) is 8.05. The number of nitro benzene ring substituents is 1. The Balaban J connectivity index is 0.00000242. The van der Waals surface area contributed by atoms with Crippen LogP contribution < -0.4 is 5.32 Å². The van der Waals surface area contributed by atoms with Crippen LogP contribution in [0.25, 0.3) is 0 Å². The molecule has 0 aliphatic carbocycles. The van der Waals surface area contributed by atoms with E-state index in [1.54, 1.807) is 4.90 Å². The van der Waals surface area contributed by atoms with Gasteiger partial charge in [-0.2, -0.15) is 0 Å². The number of likely N-dealkylation sites (tertiary alicyclic amines) is 1. The van der Waals surface area contributed by atoms with E-state index in [9.17, 15) is 19.3 Å². The van der Waals surface area contributed by atoms with Gasteiger partial charge in [0.15, 0.2) is 0 Å². The summed E-state index contributed by atoms with van der Waals surface area (Å²) in [6, 6.07) is 3.00. The van der Waals surface area contributed by atoms with Crippen LogP contribution in [0.1, 0.15) is 23.2 Å². The Bertz CT molecular complexity index is 554. The summed E-state index contributed by atoms with van der Waals surface area (Å²) in [6.07, 6.45) is 1.92. The third kappa shape index (κ3) is 4.38. The smallest absolute Gasteiger partial charge is 0.273 e. The highest BCUT2D eigenvalue weighted by Gasteiger charge is 2.25. The summed E-state index contributed by atoms with van der Waals surface area (Å²) in [7, 11) is 1.86. The number of piperidine rings is 1. The topological polar surface area (TPSA) is 75.5 Å². The molecule has 1 aliphatic heterocycles. The summed E-state index contributed by atoms with van der Waals surface area (Å²) < 4.78 is 13.4. The lowest BCUT2D eigenvalue weighted by atomic mass is 9.97. The van der Waals surface area contributed by atoms with Gasteiger partial charge in [-0.15, -0.1) is 12.4 Å². The first-order valence-electron chi connectivity index (χ1n) is 6.90. The summed E-state index contributed by atoms with van der Waals surface area (Å²) in [5, 5.41) is 13.8. The van der Waals surface area contributed by atoms with Crippen LogP contribution in [-0.4, -0.2) is 42.4 Å². The van der Waals surface area contributed by atoms with Gasteiger partial charge in [-0.3, -0.25) is 14.9 Å². The Morgan fingerprint density at radius 1 is 1.50 bits per heavy atom. The van der Waals surface area contributed by atoms with Crippen LogP contribution in [-0.2, 0) is 0 Å². The zero-order chi connectivity index (χ0) is 15.4. The predicted molar refractivity (Wildman–Crippen MR) is 82.9 cm³/mol. The Kier molecular flexibility index (Phi) is 6.70. The van der Waals surface area contributed by atoms with E-state index in [1.165, 1.54) is 0 Å². The summed E-state index contributed by atoms with van der Waals surface area (Å²) >= 11 is 0. The minimum absolute atomic E-state index is 0. The number of carbonyl (C=O) groups is 1. The molecular weight excluding hydrogens is 313 g/mol. The molecule has 2 rings (SSSR count). The number of nitrogens with zero attached hydrogens (tertiary/aromatic N) is 2. The van der Waals surface area contributed by atoms with Gasteiger partial charge in [-0.1, -0.05) is 0 Å². The number of hydrogen-bond donors (Lipinski definition) is 1. The number of hydrogen-bond acceptors (Lipinski definition) is 4. The fourth-order valence-electron chi connectivity index (χ4n) is 2.69. The first-order valence-corrected chi connectivity index (χ1v) is 6.90. The lowest BCUT2D eigenvalue weighted by Gasteiger charge is -2.32. The van der Waals surface area contributed by atoms with Gasteiger partial charge in [0.1, 0.15) is 5.82 Å². The maximum atomic E-state index is 13.4. The molecule has 1 aliphatic rings. The van der Waals surface area contributed by atoms with Gasteiger partial charge in [0, 0.05) is 24.7 Å². The molecule has 8 heteroatoms. The van der Waals surface area contributed by atoms with Crippen molar-refractivity contribution in [3.05, 3.63) is 39.7 Å². The number of halogens is 2. The first-order chi connectivity index (χ1) is 10.0. The Hall–Kier alpha value is -1.73. The fourth-order valence-corrected chi connectivity index (χ4v) is 2.69. The quantitative estimate of drug-likeness (QED) is 0.678. The average molecular weight is 332 g/mol. The first kappa shape index (κ1) is 18.3. The minimum atomic E-state index is -0.767. The number of rotatable bonds is 4. The highest BCUT2D eigenvalue weighted by molar-refractivity contribution is 5.95. The molecule has 6 nitrogen and oxygen atoms in total. The second-order valence-electron chi connectivity index (χ2n) is 5.27. The number of nitrogens with one attached hydrogen (secondary N) is 1. The molecule has 1 fully saturated rings. The highest BCUT2D eigenvalue weighted by atomic mass is 35.5. The van der Waals surface area contributed by atoms with Gasteiger partial charge in [-0.05, 0) is 38.4 Å². The molecule has 1 N–H and O–H groups in total. The molecule has 1 amide bonds. The van der Waals surface area contributed by atoms with Crippen molar-refractivity contribution in [2.45, 2.75) is 12.8 Å². The van der Waals surface area contributed by atoms with Crippen molar-refractivity contribution < 1.29 is 14.1 Å². The third-order valence-corrected chi connectivity index (χ3v) is 3.64. The summed E-state index contributed by atoms with van der Waals surface area (Å²) in [6.45, 7) is 2.00. The van der Waals surface area contributed by atoms with Crippen molar-refractivity contribution in [2.24, 2.45) is 5.92 Å². The van der Waals surface area contributed by atoms with Crippen LogP contribution in [0.4, 0.5) is 10.1 Å². The van der Waals surface area contributed by atoms with Gasteiger partial charge in [0.05, 0.1) is 11.0 Å². The average Bonchev–Trinajstić information content (AvgIpc) is 2.46. The van der Waals surface area contributed by atoms with Gasteiger partial charge in [0.2, 0.25) is 0 Å². The molecule has 1 unspecified atom stereocenters. The van der Waals surface area contributed by atoms with Crippen molar-refractivity contribution in [1.29, 1.82) is 0 Å². The Morgan fingerprint density at radius 3 is 2.86 bits per heavy atom. The number of carbonyl (C=O) groups excluding carboxylic acids is 1. The van der Waals surface area contributed by atoms with E-state index >= 15 is 0 Å². The number of non-ortho nitro benzene ring substituents is 1. The largest absolute Gasteiger partial charge is 0.338 e. The van der Waals surface area contributed by atoms with Crippen LogP contribution >= 0.6 is 12.4 Å². The molecule has 0 spiro atoms. The van der Waals surface area contributed by atoms with Crippen molar-refractivity contribution in [3.8, 4) is 0 Å². The lowest BCUT2D eigenvalue weighted by Crippen LogP contribution is -2.42. The summed E-state index contributed by atoms with van der Waals surface area (Å²) in [4.78, 5) is 24.1. The van der Waals surface area contributed by atoms with Gasteiger partial charge in [-0.25, -0.2) is 4.39 Å². The Labute approximate surface area is 134 Å². The minimum Gasteiger partial charge on any atom is -0.338 e. The van der Waals surface area contributed by atoms with E-state index in [2.05, 4.69) is 5.32 Å². The lowest BCUT2D eigenvalue weighted by molar-refractivity contribution is -0.385. The van der Waals surface area contributed by atoms with Crippen LogP contribution in [0, 0.1) is 21.8 Å². The molecule has 1 saturated heterocycles. The molecule has 1 heterocycles. The number of nitro groups is 1. The van der Waals surface area contributed by atoms with E-state index in [0.717, 1.165) is 37.6 Å². The maximum absolute atomic E-state index is 13.4. The van der Waals surface area contributed by atoms with Crippen LogP contribution in [0.5, 0.6) is 0 Å². The van der Waals surface area contributed by atoms with Gasteiger partial charge < -0.3 is 10.2 Å². The maximum Gasteiger partial charge on any atom is 0.273 e. The molecule has 1 aromatic rings. The number of amides is 1. The summed E-state index contributed by atoms with van der Waals surface area (Å²) in [5.41, 5.74) is -0.367. The molecule has 122 valence electrons.